The molecule has 0 fully saturated rings. The summed E-state index contributed by atoms with van der Waals surface area (Å²) >= 11 is 0. The van der Waals surface area contributed by atoms with E-state index in [4.69, 9.17) is 0 Å². The number of non-ortho nitro benzene ring substituents is 1. The minimum atomic E-state index is -1.10. The largest absolute Gasteiger partial charge is 0.385 e. The Morgan fingerprint density at radius 3 is 2.25 bits per heavy atom. The van der Waals surface area contributed by atoms with Crippen molar-refractivity contribution in [3.05, 3.63) is 39.9 Å². The molecule has 0 saturated carbocycles. The zero-order chi connectivity index (χ0) is 12.6. The van der Waals surface area contributed by atoms with Crippen LogP contribution in [0.2, 0.25) is 0 Å². The van der Waals surface area contributed by atoms with E-state index < -0.39 is 10.5 Å². The smallest absolute Gasteiger partial charge is 0.269 e. The lowest BCUT2D eigenvalue weighted by atomic mass is 9.73. The summed E-state index contributed by atoms with van der Waals surface area (Å²) in [4.78, 5) is 10.2. The predicted octanol–water partition coefficient (Wildman–Crippen LogP) is 2.85. The molecule has 0 saturated heterocycles. The second-order valence-electron chi connectivity index (χ2n) is 5.13. The van der Waals surface area contributed by atoms with Crippen LogP contribution in [0.3, 0.4) is 0 Å². The standard InChI is InChI=1S/C12H17NO3/c1-11(2,3)12(4,14)9-6-5-7-10(8-9)13(15)16/h5-8,14H,1-4H3. The van der Waals surface area contributed by atoms with Crippen LogP contribution in [0, 0.1) is 15.5 Å². The second kappa shape index (κ2) is 3.87. The Balaban J connectivity index is 3.24. The molecule has 0 aliphatic heterocycles. The number of nitrogens with zero attached hydrogens (tertiary/aromatic N) is 1. The summed E-state index contributed by atoms with van der Waals surface area (Å²) in [5.41, 5.74) is -0.919. The van der Waals surface area contributed by atoms with Crippen LogP contribution < -0.4 is 0 Å². The lowest BCUT2D eigenvalue weighted by molar-refractivity contribution is -0.385. The second-order valence-corrected chi connectivity index (χ2v) is 5.13. The highest BCUT2D eigenvalue weighted by molar-refractivity contribution is 5.37. The molecule has 0 radical (unpaired) electrons. The highest BCUT2D eigenvalue weighted by atomic mass is 16.6. The molecule has 0 aliphatic rings. The van der Waals surface area contributed by atoms with Crippen molar-refractivity contribution in [1.29, 1.82) is 0 Å². The third-order valence-corrected chi connectivity index (χ3v) is 3.08. The third kappa shape index (κ3) is 2.22. The first-order valence-corrected chi connectivity index (χ1v) is 5.13. The lowest BCUT2D eigenvalue weighted by Gasteiger charge is -2.37. The molecule has 4 heteroatoms. The van der Waals surface area contributed by atoms with Crippen molar-refractivity contribution in [3.8, 4) is 0 Å². The van der Waals surface area contributed by atoms with Gasteiger partial charge in [-0.25, -0.2) is 0 Å². The molecule has 0 bridgehead atoms. The summed E-state index contributed by atoms with van der Waals surface area (Å²) in [5.74, 6) is 0. The molecule has 1 unspecified atom stereocenters. The molecular formula is C12H17NO3. The van der Waals surface area contributed by atoms with E-state index in [-0.39, 0.29) is 11.1 Å². The minimum Gasteiger partial charge on any atom is -0.385 e. The molecule has 0 amide bonds. The summed E-state index contributed by atoms with van der Waals surface area (Å²) < 4.78 is 0. The Morgan fingerprint density at radius 2 is 1.81 bits per heavy atom. The maximum atomic E-state index is 10.7. The first-order chi connectivity index (χ1) is 7.16. The van der Waals surface area contributed by atoms with Crippen molar-refractivity contribution in [2.24, 2.45) is 5.41 Å². The van der Waals surface area contributed by atoms with E-state index in [9.17, 15) is 15.2 Å². The molecule has 88 valence electrons. The van der Waals surface area contributed by atoms with Crippen molar-refractivity contribution in [2.45, 2.75) is 33.3 Å². The van der Waals surface area contributed by atoms with E-state index >= 15 is 0 Å². The number of aliphatic hydroxyl groups is 1. The van der Waals surface area contributed by atoms with Gasteiger partial charge in [0.1, 0.15) is 0 Å². The number of hydrogen-bond acceptors (Lipinski definition) is 3. The number of benzene rings is 1. The van der Waals surface area contributed by atoms with Crippen LogP contribution in [0.4, 0.5) is 5.69 Å². The van der Waals surface area contributed by atoms with E-state index in [2.05, 4.69) is 0 Å². The zero-order valence-electron chi connectivity index (χ0n) is 10.0. The van der Waals surface area contributed by atoms with Gasteiger partial charge in [0.15, 0.2) is 0 Å². The number of nitro benzene ring substituents is 1. The average molecular weight is 223 g/mol. The van der Waals surface area contributed by atoms with Gasteiger partial charge in [-0.15, -0.1) is 0 Å². The quantitative estimate of drug-likeness (QED) is 0.619. The van der Waals surface area contributed by atoms with Crippen molar-refractivity contribution < 1.29 is 10.0 Å². The van der Waals surface area contributed by atoms with Crippen LogP contribution in [-0.2, 0) is 5.60 Å². The molecule has 0 spiro atoms. The topological polar surface area (TPSA) is 63.4 Å². The van der Waals surface area contributed by atoms with Gasteiger partial charge >= 0.3 is 0 Å². The van der Waals surface area contributed by atoms with Gasteiger partial charge in [0.25, 0.3) is 5.69 Å². The van der Waals surface area contributed by atoms with Crippen molar-refractivity contribution in [1.82, 2.24) is 0 Å². The maximum absolute atomic E-state index is 10.7. The Bertz CT molecular complexity index is 405. The highest BCUT2D eigenvalue weighted by Crippen LogP contribution is 2.39. The average Bonchev–Trinajstić information content (AvgIpc) is 2.16. The van der Waals surface area contributed by atoms with E-state index in [0.29, 0.717) is 5.56 Å². The molecule has 0 aromatic heterocycles. The number of hydrogen-bond donors (Lipinski definition) is 1. The summed E-state index contributed by atoms with van der Waals surface area (Å²) in [6.45, 7) is 7.36. The van der Waals surface area contributed by atoms with Gasteiger partial charge in [-0.3, -0.25) is 10.1 Å². The van der Waals surface area contributed by atoms with Gasteiger partial charge in [-0.05, 0) is 17.9 Å². The monoisotopic (exact) mass is 223 g/mol. The van der Waals surface area contributed by atoms with E-state index in [1.165, 1.54) is 12.1 Å². The molecular weight excluding hydrogens is 206 g/mol. The summed E-state index contributed by atoms with van der Waals surface area (Å²) in [5, 5.41) is 21.1. The SMILES string of the molecule is CC(C)(C)C(C)(O)c1cccc([N+](=O)[O-])c1. The van der Waals surface area contributed by atoms with Crippen molar-refractivity contribution in [2.75, 3.05) is 0 Å². The lowest BCUT2D eigenvalue weighted by Crippen LogP contribution is -2.36. The first kappa shape index (κ1) is 12.6. The highest BCUT2D eigenvalue weighted by Gasteiger charge is 2.37. The molecule has 1 rings (SSSR count). The number of nitro groups is 1. The molecule has 1 aromatic rings. The summed E-state index contributed by atoms with van der Waals surface area (Å²) in [6.07, 6.45) is 0. The van der Waals surface area contributed by atoms with Gasteiger partial charge in [-0.2, -0.15) is 0 Å². The van der Waals surface area contributed by atoms with E-state index in [1.807, 2.05) is 20.8 Å². The fourth-order valence-corrected chi connectivity index (χ4v) is 1.36. The van der Waals surface area contributed by atoms with Crippen LogP contribution in [0.5, 0.6) is 0 Å². The molecule has 0 aliphatic carbocycles. The normalized spacial score (nSPS) is 15.6. The van der Waals surface area contributed by atoms with Gasteiger partial charge in [0.05, 0.1) is 10.5 Å². The Morgan fingerprint density at radius 1 is 1.25 bits per heavy atom. The van der Waals surface area contributed by atoms with Crippen LogP contribution in [0.1, 0.15) is 33.3 Å². The molecule has 0 heterocycles. The summed E-state index contributed by atoms with van der Waals surface area (Å²) in [7, 11) is 0. The van der Waals surface area contributed by atoms with Crippen LogP contribution >= 0.6 is 0 Å². The predicted molar refractivity (Wildman–Crippen MR) is 62.1 cm³/mol. The van der Waals surface area contributed by atoms with Crippen LogP contribution in [-0.4, -0.2) is 10.0 Å². The zero-order valence-corrected chi connectivity index (χ0v) is 10.0. The van der Waals surface area contributed by atoms with Gasteiger partial charge in [0.2, 0.25) is 0 Å². The van der Waals surface area contributed by atoms with Crippen LogP contribution in [0.15, 0.2) is 24.3 Å². The Labute approximate surface area is 95.1 Å². The Hall–Kier alpha value is -1.42. The van der Waals surface area contributed by atoms with E-state index in [1.54, 1.807) is 19.1 Å². The van der Waals surface area contributed by atoms with Crippen LogP contribution in [0.25, 0.3) is 0 Å². The fourth-order valence-electron chi connectivity index (χ4n) is 1.36. The van der Waals surface area contributed by atoms with Crippen molar-refractivity contribution >= 4 is 5.69 Å². The maximum Gasteiger partial charge on any atom is 0.269 e. The van der Waals surface area contributed by atoms with Gasteiger partial charge in [0, 0.05) is 12.1 Å². The third-order valence-electron chi connectivity index (χ3n) is 3.08. The molecule has 1 N–H and O–H groups in total. The fraction of sp³-hybridized carbons (Fsp3) is 0.500. The molecule has 4 nitrogen and oxygen atoms in total. The van der Waals surface area contributed by atoms with Crippen molar-refractivity contribution in [3.63, 3.8) is 0 Å². The number of rotatable bonds is 2. The summed E-state index contributed by atoms with van der Waals surface area (Å²) in [6, 6.07) is 6.14. The molecule has 1 atom stereocenters. The van der Waals surface area contributed by atoms with E-state index in [0.717, 1.165) is 0 Å². The first-order valence-electron chi connectivity index (χ1n) is 5.13. The van der Waals surface area contributed by atoms with Gasteiger partial charge in [-0.1, -0.05) is 32.9 Å². The molecule has 16 heavy (non-hydrogen) atoms. The van der Waals surface area contributed by atoms with Gasteiger partial charge < -0.3 is 5.11 Å². The molecule has 1 aromatic carbocycles. The Kier molecular flexibility index (Phi) is 3.06. The minimum absolute atomic E-state index is 0.00188.